The van der Waals surface area contributed by atoms with Crippen molar-refractivity contribution in [3.63, 3.8) is 0 Å². The van der Waals surface area contributed by atoms with Gasteiger partial charge in [0.15, 0.2) is 0 Å². The maximum Gasteiger partial charge on any atom is 0.266 e. The van der Waals surface area contributed by atoms with E-state index < -0.39 is 0 Å². The van der Waals surface area contributed by atoms with E-state index in [9.17, 15) is 4.79 Å². The summed E-state index contributed by atoms with van der Waals surface area (Å²) in [5.74, 6) is 0.0528. The molecule has 1 amide bonds. The number of hydrogen-bond donors (Lipinski definition) is 1. The number of carbonyl (C=O) groups excluding carboxylic acids is 1. The summed E-state index contributed by atoms with van der Waals surface area (Å²) in [4.78, 5) is 16.1. The van der Waals surface area contributed by atoms with Gasteiger partial charge in [-0.1, -0.05) is 6.92 Å². The number of thiophene rings is 1. The van der Waals surface area contributed by atoms with Gasteiger partial charge in [0, 0.05) is 18.0 Å². The zero-order valence-electron chi connectivity index (χ0n) is 11.5. The normalized spacial score (nSPS) is 19.4. The van der Waals surface area contributed by atoms with Crippen molar-refractivity contribution >= 4 is 33.1 Å². The molecule has 2 aromatic heterocycles. The van der Waals surface area contributed by atoms with Crippen LogP contribution in [0.4, 0.5) is 5.69 Å². The molecule has 0 spiro atoms. The molecule has 3 heterocycles. The molecule has 0 aromatic carbocycles. The molecule has 5 nitrogen and oxygen atoms in total. The number of likely N-dealkylation sites (tertiary alicyclic amines) is 1. The van der Waals surface area contributed by atoms with Crippen molar-refractivity contribution in [2.24, 2.45) is 0 Å². The van der Waals surface area contributed by atoms with Crippen LogP contribution in [0.25, 0.3) is 10.2 Å². The number of amides is 1. The van der Waals surface area contributed by atoms with Crippen LogP contribution in [0.5, 0.6) is 0 Å². The first-order valence-electron chi connectivity index (χ1n) is 7.03. The monoisotopic (exact) mass is 290 g/mol. The predicted molar refractivity (Wildman–Crippen MR) is 80.8 cm³/mol. The molecule has 106 valence electrons. The molecule has 0 aliphatic carbocycles. The number of carbonyl (C=O) groups is 1. The lowest BCUT2D eigenvalue weighted by Gasteiger charge is -2.35. The van der Waals surface area contributed by atoms with E-state index in [4.69, 9.17) is 5.73 Å². The maximum atomic E-state index is 12.8. The molecule has 20 heavy (non-hydrogen) atoms. The highest BCUT2D eigenvalue weighted by Crippen LogP contribution is 2.34. The standard InChI is InChI=1S/C14H18N4OS/c1-2-9-5-3-4-8-18(9)14(19)12-11(15)10-6-7-16-17-13(10)20-12/h6-7,9H,2-5,8,15H2,1H3. The second-order valence-electron chi connectivity index (χ2n) is 5.15. The molecule has 1 atom stereocenters. The van der Waals surface area contributed by atoms with E-state index in [-0.39, 0.29) is 5.91 Å². The number of nitrogens with two attached hydrogens (primary N) is 1. The summed E-state index contributed by atoms with van der Waals surface area (Å²) in [5, 5.41) is 8.73. The predicted octanol–water partition coefficient (Wildman–Crippen LogP) is 2.68. The average molecular weight is 290 g/mol. The Morgan fingerprint density at radius 3 is 3.15 bits per heavy atom. The van der Waals surface area contributed by atoms with E-state index in [2.05, 4.69) is 17.1 Å². The third kappa shape index (κ3) is 2.14. The fourth-order valence-electron chi connectivity index (χ4n) is 2.85. The molecule has 2 aromatic rings. The van der Waals surface area contributed by atoms with Crippen molar-refractivity contribution in [2.75, 3.05) is 12.3 Å². The number of anilines is 1. The van der Waals surface area contributed by atoms with E-state index in [1.54, 1.807) is 6.20 Å². The van der Waals surface area contributed by atoms with Crippen molar-refractivity contribution in [1.29, 1.82) is 0 Å². The van der Waals surface area contributed by atoms with Crippen LogP contribution in [0.1, 0.15) is 42.3 Å². The first-order valence-corrected chi connectivity index (χ1v) is 7.84. The highest BCUT2D eigenvalue weighted by Gasteiger charge is 2.29. The van der Waals surface area contributed by atoms with Crippen molar-refractivity contribution in [3.05, 3.63) is 17.1 Å². The maximum absolute atomic E-state index is 12.8. The molecule has 3 rings (SSSR count). The number of aromatic nitrogens is 2. The second kappa shape index (κ2) is 5.36. The van der Waals surface area contributed by atoms with Gasteiger partial charge in [0.05, 0.1) is 11.9 Å². The minimum atomic E-state index is 0.0528. The number of nitrogens with zero attached hydrogens (tertiary/aromatic N) is 3. The Bertz CT molecular complexity index is 639. The van der Waals surface area contributed by atoms with Crippen LogP contribution < -0.4 is 5.73 Å². The molecular formula is C14H18N4OS. The van der Waals surface area contributed by atoms with Crippen molar-refractivity contribution in [1.82, 2.24) is 15.1 Å². The first-order chi connectivity index (χ1) is 9.72. The lowest BCUT2D eigenvalue weighted by Crippen LogP contribution is -2.43. The number of fused-ring (bicyclic) bond motifs is 1. The van der Waals surface area contributed by atoms with E-state index in [0.717, 1.165) is 36.0 Å². The number of hydrogen-bond acceptors (Lipinski definition) is 5. The smallest absolute Gasteiger partial charge is 0.266 e. The molecule has 1 unspecified atom stereocenters. The Morgan fingerprint density at radius 1 is 1.55 bits per heavy atom. The van der Waals surface area contributed by atoms with Crippen LogP contribution in [-0.2, 0) is 0 Å². The van der Waals surface area contributed by atoms with Gasteiger partial charge < -0.3 is 10.6 Å². The fraction of sp³-hybridized carbons (Fsp3) is 0.500. The minimum absolute atomic E-state index is 0.0528. The van der Waals surface area contributed by atoms with Gasteiger partial charge >= 0.3 is 0 Å². The number of rotatable bonds is 2. The van der Waals surface area contributed by atoms with E-state index in [1.165, 1.54) is 17.8 Å². The Hall–Kier alpha value is -1.69. The summed E-state index contributed by atoms with van der Waals surface area (Å²) in [6, 6.07) is 2.16. The first kappa shape index (κ1) is 13.3. The molecule has 1 aliphatic rings. The van der Waals surface area contributed by atoms with Crippen LogP contribution in [-0.4, -0.2) is 33.6 Å². The van der Waals surface area contributed by atoms with Gasteiger partial charge in [-0.2, -0.15) is 5.10 Å². The highest BCUT2D eigenvalue weighted by atomic mass is 32.1. The van der Waals surface area contributed by atoms with E-state index in [0.29, 0.717) is 16.6 Å². The van der Waals surface area contributed by atoms with Gasteiger partial charge in [-0.15, -0.1) is 16.4 Å². The van der Waals surface area contributed by atoms with Crippen LogP contribution in [0, 0.1) is 0 Å². The van der Waals surface area contributed by atoms with Crippen LogP contribution in [0.15, 0.2) is 12.3 Å². The van der Waals surface area contributed by atoms with Gasteiger partial charge in [0.25, 0.3) is 5.91 Å². The molecule has 0 bridgehead atoms. The quantitative estimate of drug-likeness (QED) is 0.923. The van der Waals surface area contributed by atoms with Crippen molar-refractivity contribution < 1.29 is 4.79 Å². The molecule has 0 saturated carbocycles. The largest absolute Gasteiger partial charge is 0.397 e. The highest BCUT2D eigenvalue weighted by molar-refractivity contribution is 7.21. The van der Waals surface area contributed by atoms with Crippen LogP contribution in [0.3, 0.4) is 0 Å². The minimum Gasteiger partial charge on any atom is -0.397 e. The molecule has 2 N–H and O–H groups in total. The number of piperidine rings is 1. The van der Waals surface area contributed by atoms with Gasteiger partial charge in [-0.3, -0.25) is 4.79 Å². The summed E-state index contributed by atoms with van der Waals surface area (Å²) in [6.45, 7) is 2.97. The summed E-state index contributed by atoms with van der Waals surface area (Å²) in [6.07, 6.45) is 5.97. The molecule has 1 saturated heterocycles. The van der Waals surface area contributed by atoms with Crippen LogP contribution >= 0.6 is 11.3 Å². The molecule has 1 fully saturated rings. The van der Waals surface area contributed by atoms with Crippen LogP contribution in [0.2, 0.25) is 0 Å². The Kier molecular flexibility index (Phi) is 3.56. The SMILES string of the molecule is CCC1CCCCN1C(=O)c1sc2nnccc2c1N. The molecular weight excluding hydrogens is 272 g/mol. The summed E-state index contributed by atoms with van der Waals surface area (Å²) < 4.78 is 0. The second-order valence-corrected chi connectivity index (χ2v) is 6.15. The fourth-order valence-corrected chi connectivity index (χ4v) is 3.85. The van der Waals surface area contributed by atoms with Gasteiger partial charge in [0.1, 0.15) is 9.71 Å². The third-order valence-corrected chi connectivity index (χ3v) is 5.07. The molecule has 1 aliphatic heterocycles. The lowest BCUT2D eigenvalue weighted by atomic mass is 10.00. The summed E-state index contributed by atoms with van der Waals surface area (Å²) >= 11 is 1.35. The average Bonchev–Trinajstić information content (AvgIpc) is 2.84. The molecule has 6 heteroatoms. The van der Waals surface area contributed by atoms with Crippen molar-refractivity contribution in [2.45, 2.75) is 38.6 Å². The third-order valence-electron chi connectivity index (χ3n) is 3.97. The zero-order valence-corrected chi connectivity index (χ0v) is 12.3. The Balaban J connectivity index is 1.97. The Morgan fingerprint density at radius 2 is 2.40 bits per heavy atom. The van der Waals surface area contributed by atoms with Gasteiger partial charge in [-0.05, 0) is 31.7 Å². The summed E-state index contributed by atoms with van der Waals surface area (Å²) in [7, 11) is 0. The lowest BCUT2D eigenvalue weighted by molar-refractivity contribution is 0.0614. The number of nitrogen functional groups attached to an aromatic ring is 1. The topological polar surface area (TPSA) is 72.1 Å². The molecule has 0 radical (unpaired) electrons. The summed E-state index contributed by atoms with van der Waals surface area (Å²) in [5.41, 5.74) is 6.68. The van der Waals surface area contributed by atoms with Crippen molar-refractivity contribution in [3.8, 4) is 0 Å². The van der Waals surface area contributed by atoms with E-state index in [1.807, 2.05) is 11.0 Å². The van der Waals surface area contributed by atoms with Gasteiger partial charge in [-0.25, -0.2) is 0 Å². The van der Waals surface area contributed by atoms with E-state index >= 15 is 0 Å². The zero-order chi connectivity index (χ0) is 14.1. The van der Waals surface area contributed by atoms with Gasteiger partial charge in [0.2, 0.25) is 0 Å². The Labute approximate surface area is 121 Å².